The molecular formula is C17H25ClN2O3S. The number of benzene rings is 1. The van der Waals surface area contributed by atoms with Crippen LogP contribution in [0, 0.1) is 5.92 Å². The third-order valence-electron chi connectivity index (χ3n) is 3.95. The van der Waals surface area contributed by atoms with Gasteiger partial charge in [0.2, 0.25) is 15.9 Å². The normalized spacial score (nSPS) is 17.7. The van der Waals surface area contributed by atoms with Crippen LogP contribution in [0.25, 0.3) is 0 Å². The first kappa shape index (κ1) is 19.2. The summed E-state index contributed by atoms with van der Waals surface area (Å²) in [6, 6.07) is 6.89. The number of sulfonamides is 1. The average molecular weight is 373 g/mol. The van der Waals surface area contributed by atoms with Crippen LogP contribution in [0.1, 0.15) is 39.2 Å². The van der Waals surface area contributed by atoms with Crippen molar-refractivity contribution in [3.63, 3.8) is 0 Å². The van der Waals surface area contributed by atoms with Gasteiger partial charge in [0.1, 0.15) is 0 Å². The molecule has 1 fully saturated rings. The second-order valence-corrected chi connectivity index (χ2v) is 9.70. The molecular weight excluding hydrogens is 348 g/mol. The zero-order valence-electron chi connectivity index (χ0n) is 14.4. The number of nitrogens with one attached hydrogen (secondary N) is 1. The van der Waals surface area contributed by atoms with Gasteiger partial charge >= 0.3 is 0 Å². The van der Waals surface area contributed by atoms with Gasteiger partial charge in [-0.05, 0) is 51.3 Å². The van der Waals surface area contributed by atoms with Crippen LogP contribution in [0.4, 0.5) is 0 Å². The lowest BCUT2D eigenvalue weighted by atomic mass is 9.96. The zero-order chi connectivity index (χ0) is 18.0. The molecule has 2 rings (SSSR count). The number of hydrogen-bond donors (Lipinski definition) is 1. The van der Waals surface area contributed by atoms with Crippen molar-refractivity contribution >= 4 is 27.5 Å². The summed E-state index contributed by atoms with van der Waals surface area (Å²) in [4.78, 5) is 12.2. The monoisotopic (exact) mass is 372 g/mol. The highest BCUT2D eigenvalue weighted by Gasteiger charge is 2.32. The van der Waals surface area contributed by atoms with E-state index in [4.69, 9.17) is 11.6 Å². The van der Waals surface area contributed by atoms with Gasteiger partial charge in [-0.25, -0.2) is 12.7 Å². The molecule has 1 aliphatic rings. The number of rotatable bonds is 4. The molecule has 1 aliphatic heterocycles. The van der Waals surface area contributed by atoms with E-state index in [-0.39, 0.29) is 23.1 Å². The van der Waals surface area contributed by atoms with Crippen LogP contribution in [-0.2, 0) is 20.6 Å². The van der Waals surface area contributed by atoms with Crippen LogP contribution in [0.5, 0.6) is 0 Å². The summed E-state index contributed by atoms with van der Waals surface area (Å²) in [5, 5.41) is 3.49. The van der Waals surface area contributed by atoms with E-state index in [1.54, 1.807) is 24.3 Å². The molecule has 0 bridgehead atoms. The average Bonchev–Trinajstić information content (AvgIpc) is 2.45. The van der Waals surface area contributed by atoms with Gasteiger partial charge in [0.05, 0.1) is 5.75 Å². The molecule has 0 atom stereocenters. The zero-order valence-corrected chi connectivity index (χ0v) is 16.0. The number of carbonyl (C=O) groups is 1. The maximum absolute atomic E-state index is 12.6. The second-order valence-electron chi connectivity index (χ2n) is 7.30. The highest BCUT2D eigenvalue weighted by atomic mass is 35.5. The summed E-state index contributed by atoms with van der Waals surface area (Å²) < 4.78 is 26.6. The summed E-state index contributed by atoms with van der Waals surface area (Å²) in [6.07, 6.45) is 1.10. The van der Waals surface area contributed by atoms with Crippen molar-refractivity contribution in [2.75, 3.05) is 13.1 Å². The molecule has 0 aromatic heterocycles. The van der Waals surface area contributed by atoms with Crippen LogP contribution in [-0.4, -0.2) is 37.3 Å². The van der Waals surface area contributed by atoms with E-state index >= 15 is 0 Å². The fourth-order valence-electron chi connectivity index (χ4n) is 2.80. The van der Waals surface area contributed by atoms with Crippen LogP contribution >= 0.6 is 11.6 Å². The van der Waals surface area contributed by atoms with Gasteiger partial charge in [0, 0.05) is 29.6 Å². The van der Waals surface area contributed by atoms with Crippen molar-refractivity contribution in [3.8, 4) is 0 Å². The van der Waals surface area contributed by atoms with Crippen molar-refractivity contribution in [1.82, 2.24) is 9.62 Å². The highest BCUT2D eigenvalue weighted by Crippen LogP contribution is 2.23. The molecule has 0 spiro atoms. The van der Waals surface area contributed by atoms with Crippen LogP contribution in [0.3, 0.4) is 0 Å². The smallest absolute Gasteiger partial charge is 0.223 e. The molecule has 134 valence electrons. The summed E-state index contributed by atoms with van der Waals surface area (Å²) in [6.45, 7) is 6.58. The van der Waals surface area contributed by atoms with Gasteiger partial charge in [-0.3, -0.25) is 4.79 Å². The van der Waals surface area contributed by atoms with Crippen molar-refractivity contribution in [2.24, 2.45) is 5.92 Å². The molecule has 0 radical (unpaired) electrons. The maximum atomic E-state index is 12.6. The molecule has 1 heterocycles. The minimum atomic E-state index is -3.39. The lowest BCUT2D eigenvalue weighted by Crippen LogP contribution is -2.48. The number of amides is 1. The number of hydrogen-bond acceptors (Lipinski definition) is 3. The second kappa shape index (κ2) is 7.42. The third-order valence-corrected chi connectivity index (χ3v) is 6.04. The largest absolute Gasteiger partial charge is 0.351 e. The Bertz CT molecular complexity index is 690. The molecule has 1 amide bonds. The predicted molar refractivity (Wildman–Crippen MR) is 96.3 cm³/mol. The van der Waals surface area contributed by atoms with Gasteiger partial charge < -0.3 is 5.32 Å². The first-order valence-corrected chi connectivity index (χ1v) is 10.1. The summed E-state index contributed by atoms with van der Waals surface area (Å²) in [7, 11) is -3.39. The topological polar surface area (TPSA) is 66.5 Å². The number of piperidine rings is 1. The Morgan fingerprint density at radius 2 is 1.92 bits per heavy atom. The molecule has 1 N–H and O–H groups in total. The fraction of sp³-hybridized carbons (Fsp3) is 0.588. The summed E-state index contributed by atoms with van der Waals surface area (Å²) >= 11 is 5.91. The molecule has 1 saturated heterocycles. The first-order chi connectivity index (χ1) is 11.1. The number of carbonyl (C=O) groups excluding carboxylic acids is 1. The minimum absolute atomic E-state index is 0.00869. The van der Waals surface area contributed by atoms with E-state index in [0.29, 0.717) is 36.5 Å². The Morgan fingerprint density at radius 1 is 1.29 bits per heavy atom. The Kier molecular flexibility index (Phi) is 5.94. The van der Waals surface area contributed by atoms with Crippen LogP contribution < -0.4 is 5.32 Å². The van der Waals surface area contributed by atoms with Gasteiger partial charge in [0.15, 0.2) is 0 Å². The van der Waals surface area contributed by atoms with Crippen molar-refractivity contribution < 1.29 is 13.2 Å². The van der Waals surface area contributed by atoms with E-state index in [1.807, 2.05) is 20.8 Å². The molecule has 7 heteroatoms. The van der Waals surface area contributed by atoms with E-state index < -0.39 is 10.0 Å². The predicted octanol–water partition coefficient (Wildman–Crippen LogP) is 2.80. The summed E-state index contributed by atoms with van der Waals surface area (Å²) in [5.41, 5.74) is 0.405. The Balaban J connectivity index is 1.94. The molecule has 0 aliphatic carbocycles. The molecule has 1 aromatic rings. The van der Waals surface area contributed by atoms with E-state index in [2.05, 4.69) is 5.32 Å². The molecule has 0 saturated carbocycles. The quantitative estimate of drug-likeness (QED) is 0.883. The highest BCUT2D eigenvalue weighted by molar-refractivity contribution is 7.88. The van der Waals surface area contributed by atoms with Gasteiger partial charge in [-0.15, -0.1) is 0 Å². The van der Waals surface area contributed by atoms with Crippen molar-refractivity contribution in [1.29, 1.82) is 0 Å². The minimum Gasteiger partial charge on any atom is -0.351 e. The van der Waals surface area contributed by atoms with Gasteiger partial charge in [0.25, 0.3) is 0 Å². The molecule has 0 unspecified atom stereocenters. The lowest BCUT2D eigenvalue weighted by Gasteiger charge is -2.32. The van der Waals surface area contributed by atoms with E-state index in [9.17, 15) is 13.2 Å². The Labute approximate surface area is 149 Å². The van der Waals surface area contributed by atoms with Gasteiger partial charge in [-0.1, -0.05) is 23.7 Å². The molecule has 5 nitrogen and oxygen atoms in total. The Hall–Kier alpha value is -1.11. The van der Waals surface area contributed by atoms with Gasteiger partial charge in [-0.2, -0.15) is 0 Å². The standard InChI is InChI=1S/C17H25ClN2O3S/c1-17(2,3)19-16(21)14-7-9-20(10-8-14)24(22,23)12-13-5-4-6-15(18)11-13/h4-6,11,14H,7-10,12H2,1-3H3,(H,19,21). The van der Waals surface area contributed by atoms with Crippen molar-refractivity contribution in [2.45, 2.75) is 44.9 Å². The summed E-state index contributed by atoms with van der Waals surface area (Å²) in [5.74, 6) is -0.178. The van der Waals surface area contributed by atoms with Crippen LogP contribution in [0.15, 0.2) is 24.3 Å². The van der Waals surface area contributed by atoms with E-state index in [0.717, 1.165) is 0 Å². The number of nitrogens with zero attached hydrogens (tertiary/aromatic N) is 1. The van der Waals surface area contributed by atoms with E-state index in [1.165, 1.54) is 4.31 Å². The number of halogens is 1. The molecule has 24 heavy (non-hydrogen) atoms. The molecule has 1 aromatic carbocycles. The fourth-order valence-corrected chi connectivity index (χ4v) is 4.56. The third kappa shape index (κ3) is 5.46. The van der Waals surface area contributed by atoms with Crippen LogP contribution in [0.2, 0.25) is 5.02 Å². The maximum Gasteiger partial charge on any atom is 0.223 e. The van der Waals surface area contributed by atoms with Crippen molar-refractivity contribution in [3.05, 3.63) is 34.9 Å². The Morgan fingerprint density at radius 3 is 2.46 bits per heavy atom. The lowest BCUT2D eigenvalue weighted by molar-refractivity contribution is -0.127. The first-order valence-electron chi connectivity index (χ1n) is 8.11. The SMILES string of the molecule is CC(C)(C)NC(=O)C1CCN(S(=O)(=O)Cc2cccc(Cl)c2)CC1.